The van der Waals surface area contributed by atoms with E-state index >= 15 is 0 Å². The number of hydrogen-bond acceptors (Lipinski definition) is 6. The predicted molar refractivity (Wildman–Crippen MR) is 89.7 cm³/mol. The fourth-order valence-electron chi connectivity index (χ4n) is 2.39. The van der Waals surface area contributed by atoms with Gasteiger partial charge in [0, 0.05) is 29.6 Å². The molecule has 3 aromatic rings. The minimum atomic E-state index is 0.729. The maximum Gasteiger partial charge on any atom is 0.153 e. The molecular formula is C16H17N3O2S. The van der Waals surface area contributed by atoms with Crippen molar-refractivity contribution in [1.29, 1.82) is 0 Å². The van der Waals surface area contributed by atoms with Crippen molar-refractivity contribution in [3.8, 4) is 11.5 Å². The van der Waals surface area contributed by atoms with Crippen LogP contribution in [0.5, 0.6) is 11.5 Å². The molecule has 0 saturated heterocycles. The molecule has 114 valence electrons. The largest absolute Gasteiger partial charge is 0.497 e. The fraction of sp³-hybridized carbons (Fsp3) is 0.250. The van der Waals surface area contributed by atoms with Gasteiger partial charge in [-0.1, -0.05) is 0 Å². The van der Waals surface area contributed by atoms with Crippen molar-refractivity contribution in [2.45, 2.75) is 13.8 Å². The molecule has 0 radical (unpaired) electrons. The summed E-state index contributed by atoms with van der Waals surface area (Å²) >= 11 is 1.40. The fourth-order valence-corrected chi connectivity index (χ4v) is 3.24. The Balaban J connectivity index is 2.03. The van der Waals surface area contributed by atoms with Crippen molar-refractivity contribution >= 4 is 33.3 Å². The summed E-state index contributed by atoms with van der Waals surface area (Å²) in [6.07, 6.45) is 0. The summed E-state index contributed by atoms with van der Waals surface area (Å²) in [6.45, 7) is 4.06. The Kier molecular flexibility index (Phi) is 3.85. The summed E-state index contributed by atoms with van der Waals surface area (Å²) in [4.78, 5) is 5.47. The third-order valence-electron chi connectivity index (χ3n) is 3.39. The molecule has 3 rings (SSSR count). The van der Waals surface area contributed by atoms with Crippen LogP contribution in [-0.2, 0) is 0 Å². The number of hydrogen-bond donors (Lipinski definition) is 1. The number of anilines is 2. The van der Waals surface area contributed by atoms with Gasteiger partial charge in [0.15, 0.2) is 5.82 Å². The Labute approximate surface area is 133 Å². The van der Waals surface area contributed by atoms with E-state index in [0.717, 1.165) is 44.5 Å². The van der Waals surface area contributed by atoms with E-state index in [1.54, 1.807) is 14.2 Å². The standard InChI is InChI=1S/C16H17N3O2S/c1-9-5-10(2)17-16-14(9)15(19-22-16)18-11-6-12(20-3)8-13(7-11)21-4/h5-8H,1-4H3,(H,18,19). The first-order valence-corrected chi connectivity index (χ1v) is 7.62. The van der Waals surface area contributed by atoms with Crippen LogP contribution in [0, 0.1) is 13.8 Å². The summed E-state index contributed by atoms with van der Waals surface area (Å²) in [7, 11) is 3.27. The van der Waals surface area contributed by atoms with Gasteiger partial charge in [-0.25, -0.2) is 4.98 Å². The van der Waals surface area contributed by atoms with Crippen LogP contribution in [0.4, 0.5) is 11.5 Å². The second kappa shape index (κ2) is 5.81. The maximum atomic E-state index is 5.29. The summed E-state index contributed by atoms with van der Waals surface area (Å²) in [5.74, 6) is 2.26. The number of fused-ring (bicyclic) bond motifs is 1. The summed E-state index contributed by atoms with van der Waals surface area (Å²) in [5, 5.41) is 4.39. The zero-order valence-electron chi connectivity index (χ0n) is 12.9. The topological polar surface area (TPSA) is 56.3 Å². The average molecular weight is 315 g/mol. The maximum absolute atomic E-state index is 5.29. The Hall–Kier alpha value is -2.34. The number of ether oxygens (including phenoxy) is 2. The molecule has 1 N–H and O–H groups in total. The molecule has 0 unspecified atom stereocenters. The molecular weight excluding hydrogens is 298 g/mol. The van der Waals surface area contributed by atoms with Crippen molar-refractivity contribution in [2.75, 3.05) is 19.5 Å². The SMILES string of the molecule is COc1cc(Nc2nsc3nc(C)cc(C)c23)cc(OC)c1. The van der Waals surface area contributed by atoms with Crippen LogP contribution in [0.1, 0.15) is 11.3 Å². The van der Waals surface area contributed by atoms with Crippen molar-refractivity contribution in [1.82, 2.24) is 9.36 Å². The van der Waals surface area contributed by atoms with Gasteiger partial charge in [-0.05, 0) is 37.0 Å². The monoisotopic (exact) mass is 315 g/mol. The van der Waals surface area contributed by atoms with E-state index in [9.17, 15) is 0 Å². The van der Waals surface area contributed by atoms with Gasteiger partial charge in [0.25, 0.3) is 0 Å². The minimum Gasteiger partial charge on any atom is -0.497 e. The molecule has 22 heavy (non-hydrogen) atoms. The van der Waals surface area contributed by atoms with Gasteiger partial charge in [0.1, 0.15) is 16.3 Å². The number of aryl methyl sites for hydroxylation is 2. The average Bonchev–Trinajstić information content (AvgIpc) is 2.89. The number of methoxy groups -OCH3 is 2. The highest BCUT2D eigenvalue weighted by Gasteiger charge is 2.12. The van der Waals surface area contributed by atoms with Crippen LogP contribution < -0.4 is 14.8 Å². The van der Waals surface area contributed by atoms with Crippen molar-refractivity contribution in [3.05, 3.63) is 35.5 Å². The highest BCUT2D eigenvalue weighted by molar-refractivity contribution is 7.13. The second-order valence-electron chi connectivity index (χ2n) is 5.02. The zero-order chi connectivity index (χ0) is 15.7. The van der Waals surface area contributed by atoms with Crippen LogP contribution in [0.25, 0.3) is 10.2 Å². The lowest BCUT2D eigenvalue weighted by Crippen LogP contribution is -1.95. The van der Waals surface area contributed by atoms with Gasteiger partial charge in [-0.3, -0.25) is 0 Å². The van der Waals surface area contributed by atoms with Crippen molar-refractivity contribution in [2.24, 2.45) is 0 Å². The van der Waals surface area contributed by atoms with Crippen LogP contribution in [0.2, 0.25) is 0 Å². The molecule has 0 amide bonds. The molecule has 1 aromatic carbocycles. The van der Waals surface area contributed by atoms with Gasteiger partial charge in [-0.15, -0.1) is 0 Å². The molecule has 2 aromatic heterocycles. The van der Waals surface area contributed by atoms with Crippen molar-refractivity contribution in [3.63, 3.8) is 0 Å². The molecule has 5 nitrogen and oxygen atoms in total. The molecule has 0 atom stereocenters. The minimum absolute atomic E-state index is 0.729. The van der Waals surface area contributed by atoms with Crippen LogP contribution in [-0.4, -0.2) is 23.6 Å². The van der Waals surface area contributed by atoms with E-state index in [1.165, 1.54) is 11.5 Å². The van der Waals surface area contributed by atoms with Crippen LogP contribution in [0.15, 0.2) is 24.3 Å². The number of rotatable bonds is 4. The third kappa shape index (κ3) is 2.69. The zero-order valence-corrected chi connectivity index (χ0v) is 13.7. The molecule has 0 aliphatic carbocycles. The Bertz CT molecular complexity index is 807. The van der Waals surface area contributed by atoms with E-state index in [4.69, 9.17) is 9.47 Å². The Morgan fingerprint density at radius 2 is 1.68 bits per heavy atom. The van der Waals surface area contributed by atoms with Gasteiger partial charge >= 0.3 is 0 Å². The van der Waals surface area contributed by atoms with Gasteiger partial charge in [0.2, 0.25) is 0 Å². The smallest absolute Gasteiger partial charge is 0.153 e. The summed E-state index contributed by atoms with van der Waals surface area (Å²) < 4.78 is 15.1. The molecule has 0 fully saturated rings. The van der Waals surface area contributed by atoms with Gasteiger partial charge in [-0.2, -0.15) is 4.37 Å². The van der Waals surface area contributed by atoms with E-state index in [1.807, 2.05) is 25.1 Å². The molecule has 0 aliphatic rings. The highest BCUT2D eigenvalue weighted by atomic mass is 32.1. The third-order valence-corrected chi connectivity index (χ3v) is 4.13. The number of nitrogens with zero attached hydrogens (tertiary/aromatic N) is 2. The van der Waals surface area contributed by atoms with Gasteiger partial charge < -0.3 is 14.8 Å². The van der Waals surface area contributed by atoms with Gasteiger partial charge in [0.05, 0.1) is 19.6 Å². The predicted octanol–water partition coefficient (Wildman–Crippen LogP) is 4.07. The highest BCUT2D eigenvalue weighted by Crippen LogP contribution is 2.33. The lowest BCUT2D eigenvalue weighted by Gasteiger charge is -2.10. The first-order valence-electron chi connectivity index (χ1n) is 6.84. The first-order chi connectivity index (χ1) is 10.6. The van der Waals surface area contributed by atoms with E-state index in [-0.39, 0.29) is 0 Å². The van der Waals surface area contributed by atoms with E-state index in [2.05, 4.69) is 27.7 Å². The summed E-state index contributed by atoms with van der Waals surface area (Å²) in [5.41, 5.74) is 3.03. The second-order valence-corrected chi connectivity index (χ2v) is 5.77. The number of benzene rings is 1. The molecule has 0 aliphatic heterocycles. The number of aromatic nitrogens is 2. The summed E-state index contributed by atoms with van der Waals surface area (Å²) in [6, 6.07) is 7.71. The quantitative estimate of drug-likeness (QED) is 0.786. The molecule has 0 saturated carbocycles. The number of pyridine rings is 1. The van der Waals surface area contributed by atoms with Crippen LogP contribution in [0.3, 0.4) is 0 Å². The Morgan fingerprint density at radius 1 is 1.00 bits per heavy atom. The Morgan fingerprint density at radius 3 is 2.32 bits per heavy atom. The van der Waals surface area contributed by atoms with Crippen molar-refractivity contribution < 1.29 is 9.47 Å². The van der Waals surface area contributed by atoms with E-state index in [0.29, 0.717) is 0 Å². The lowest BCUT2D eigenvalue weighted by molar-refractivity contribution is 0.395. The molecule has 0 spiro atoms. The lowest BCUT2D eigenvalue weighted by atomic mass is 10.2. The number of nitrogens with one attached hydrogen (secondary N) is 1. The molecule has 0 bridgehead atoms. The molecule has 6 heteroatoms. The normalized spacial score (nSPS) is 10.7. The molecule has 2 heterocycles. The first kappa shape index (κ1) is 14.6. The van der Waals surface area contributed by atoms with Crippen LogP contribution >= 0.6 is 11.5 Å². The van der Waals surface area contributed by atoms with E-state index < -0.39 is 0 Å².